The summed E-state index contributed by atoms with van der Waals surface area (Å²) in [5, 5.41) is 3.48. The Morgan fingerprint density at radius 2 is 2.06 bits per heavy atom. The molecule has 1 fully saturated rings. The van der Waals surface area contributed by atoms with E-state index in [9.17, 15) is 9.59 Å². The molecule has 1 heterocycles. The fourth-order valence-corrected chi connectivity index (χ4v) is 2.49. The quantitative estimate of drug-likeness (QED) is 0.774. The first-order valence-corrected chi connectivity index (χ1v) is 6.68. The van der Waals surface area contributed by atoms with E-state index in [0.717, 1.165) is 13.0 Å². The molecule has 1 aliphatic rings. The Labute approximate surface area is 106 Å². The number of rotatable bonds is 5. The van der Waals surface area contributed by atoms with Crippen molar-refractivity contribution in [1.29, 1.82) is 0 Å². The monoisotopic (exact) mass is 251 g/mol. The number of aryl methyl sites for hydroxylation is 1. The van der Waals surface area contributed by atoms with Crippen molar-refractivity contribution in [3.63, 3.8) is 0 Å². The lowest BCUT2D eigenvalue weighted by atomic mass is 10.2. The number of hydrogen-bond acceptors (Lipinski definition) is 3. The van der Waals surface area contributed by atoms with Crippen molar-refractivity contribution >= 4 is 0 Å². The molecule has 0 atom stereocenters. The summed E-state index contributed by atoms with van der Waals surface area (Å²) in [7, 11) is 1.66. The van der Waals surface area contributed by atoms with Gasteiger partial charge in [0, 0.05) is 31.9 Å². The highest BCUT2D eigenvalue weighted by Gasteiger charge is 2.13. The summed E-state index contributed by atoms with van der Waals surface area (Å²) in [4.78, 5) is 23.3. The van der Waals surface area contributed by atoms with E-state index in [1.165, 1.54) is 47.1 Å². The van der Waals surface area contributed by atoms with Gasteiger partial charge in [-0.05, 0) is 25.8 Å². The Balaban J connectivity index is 1.84. The lowest BCUT2D eigenvalue weighted by Crippen LogP contribution is -2.38. The largest absolute Gasteiger partial charge is 0.330 e. The molecular weight excluding hydrogens is 230 g/mol. The SMILES string of the molecule is Cn1ccc(=O)n(CCCNC2CCCC2)c1=O. The lowest BCUT2D eigenvalue weighted by molar-refractivity contribution is 0.481. The Hall–Kier alpha value is -1.36. The van der Waals surface area contributed by atoms with Crippen LogP contribution in [0.25, 0.3) is 0 Å². The van der Waals surface area contributed by atoms with Crippen molar-refractivity contribution in [3.05, 3.63) is 33.1 Å². The van der Waals surface area contributed by atoms with Crippen molar-refractivity contribution in [2.75, 3.05) is 6.54 Å². The maximum atomic E-state index is 11.7. The first-order chi connectivity index (χ1) is 8.68. The van der Waals surface area contributed by atoms with Crippen molar-refractivity contribution in [3.8, 4) is 0 Å². The summed E-state index contributed by atoms with van der Waals surface area (Å²) in [5.41, 5.74) is -0.442. The van der Waals surface area contributed by atoms with E-state index >= 15 is 0 Å². The molecule has 0 unspecified atom stereocenters. The van der Waals surface area contributed by atoms with Gasteiger partial charge in [-0.3, -0.25) is 9.36 Å². The van der Waals surface area contributed by atoms with Crippen molar-refractivity contribution in [1.82, 2.24) is 14.5 Å². The van der Waals surface area contributed by atoms with Crippen LogP contribution in [0.15, 0.2) is 21.9 Å². The summed E-state index contributed by atoms with van der Waals surface area (Å²) in [6.45, 7) is 1.36. The molecule has 5 heteroatoms. The minimum absolute atomic E-state index is 0.209. The Bertz CT molecular complexity index is 498. The number of hydrogen-bond donors (Lipinski definition) is 1. The van der Waals surface area contributed by atoms with E-state index < -0.39 is 0 Å². The van der Waals surface area contributed by atoms with Gasteiger partial charge in [0.15, 0.2) is 0 Å². The lowest BCUT2D eigenvalue weighted by Gasteiger charge is -2.12. The van der Waals surface area contributed by atoms with Crippen LogP contribution in [-0.2, 0) is 13.6 Å². The summed E-state index contributed by atoms with van der Waals surface area (Å²) < 4.78 is 2.74. The highest BCUT2D eigenvalue weighted by Crippen LogP contribution is 2.17. The number of nitrogens with zero attached hydrogens (tertiary/aromatic N) is 2. The van der Waals surface area contributed by atoms with Crippen molar-refractivity contribution in [2.45, 2.75) is 44.7 Å². The minimum Gasteiger partial charge on any atom is -0.314 e. The van der Waals surface area contributed by atoms with Crippen LogP contribution in [0.1, 0.15) is 32.1 Å². The van der Waals surface area contributed by atoms with Crippen LogP contribution in [0.5, 0.6) is 0 Å². The van der Waals surface area contributed by atoms with Crippen molar-refractivity contribution < 1.29 is 0 Å². The van der Waals surface area contributed by atoms with E-state index in [2.05, 4.69) is 5.32 Å². The molecule has 1 N–H and O–H groups in total. The molecule has 1 aromatic rings. The third kappa shape index (κ3) is 3.10. The molecule has 0 bridgehead atoms. The van der Waals surface area contributed by atoms with E-state index in [4.69, 9.17) is 0 Å². The Morgan fingerprint density at radius 3 is 2.78 bits per heavy atom. The van der Waals surface area contributed by atoms with Gasteiger partial charge < -0.3 is 9.88 Å². The second kappa shape index (κ2) is 6.00. The fourth-order valence-electron chi connectivity index (χ4n) is 2.49. The van der Waals surface area contributed by atoms with Gasteiger partial charge in [0.05, 0.1) is 0 Å². The molecule has 1 aromatic heterocycles. The highest BCUT2D eigenvalue weighted by atomic mass is 16.2. The average Bonchev–Trinajstić information content (AvgIpc) is 2.86. The average molecular weight is 251 g/mol. The zero-order chi connectivity index (χ0) is 13.0. The molecule has 0 spiro atoms. The fraction of sp³-hybridized carbons (Fsp3) is 0.692. The van der Waals surface area contributed by atoms with Crippen LogP contribution >= 0.6 is 0 Å². The van der Waals surface area contributed by atoms with Crippen LogP contribution in [0.4, 0.5) is 0 Å². The first-order valence-electron chi connectivity index (χ1n) is 6.68. The third-order valence-corrected chi connectivity index (χ3v) is 3.59. The normalized spacial score (nSPS) is 16.3. The van der Waals surface area contributed by atoms with Crippen LogP contribution in [0.3, 0.4) is 0 Å². The molecule has 18 heavy (non-hydrogen) atoms. The molecular formula is C13H21N3O2. The van der Waals surface area contributed by atoms with Crippen LogP contribution in [0.2, 0.25) is 0 Å². The van der Waals surface area contributed by atoms with E-state index in [1.54, 1.807) is 7.05 Å². The van der Waals surface area contributed by atoms with Gasteiger partial charge in [0.25, 0.3) is 5.56 Å². The standard InChI is InChI=1S/C13H21N3O2/c1-15-10-7-12(17)16(13(15)18)9-4-8-14-11-5-2-3-6-11/h7,10-11,14H,2-6,8-9H2,1H3. The van der Waals surface area contributed by atoms with Crippen LogP contribution in [0, 0.1) is 0 Å². The van der Waals surface area contributed by atoms with E-state index in [1.807, 2.05) is 0 Å². The minimum atomic E-state index is -0.233. The summed E-state index contributed by atoms with van der Waals surface area (Å²) in [5.74, 6) is 0. The zero-order valence-corrected chi connectivity index (χ0v) is 10.9. The van der Waals surface area contributed by atoms with E-state index in [0.29, 0.717) is 12.6 Å². The van der Waals surface area contributed by atoms with Crippen LogP contribution in [-0.4, -0.2) is 21.7 Å². The van der Waals surface area contributed by atoms with Gasteiger partial charge in [-0.25, -0.2) is 4.79 Å². The molecule has 0 amide bonds. The Morgan fingerprint density at radius 1 is 1.33 bits per heavy atom. The van der Waals surface area contributed by atoms with Gasteiger partial charge in [0.1, 0.15) is 0 Å². The highest BCUT2D eigenvalue weighted by molar-refractivity contribution is 4.85. The smallest absolute Gasteiger partial charge is 0.314 e. The summed E-state index contributed by atoms with van der Waals surface area (Å²) >= 11 is 0. The topological polar surface area (TPSA) is 56.0 Å². The molecule has 0 saturated heterocycles. The van der Waals surface area contributed by atoms with Gasteiger partial charge >= 0.3 is 5.69 Å². The predicted molar refractivity (Wildman–Crippen MR) is 70.8 cm³/mol. The van der Waals surface area contributed by atoms with Gasteiger partial charge in [0.2, 0.25) is 0 Å². The molecule has 0 radical (unpaired) electrons. The van der Waals surface area contributed by atoms with Gasteiger partial charge in [-0.2, -0.15) is 0 Å². The molecule has 5 nitrogen and oxygen atoms in total. The molecule has 0 aromatic carbocycles. The maximum absolute atomic E-state index is 11.7. The second-order valence-electron chi connectivity index (χ2n) is 4.99. The molecule has 2 rings (SSSR count). The predicted octanol–water partition coefficient (Wildman–Crippen LogP) is 0.469. The van der Waals surface area contributed by atoms with E-state index in [-0.39, 0.29) is 11.2 Å². The third-order valence-electron chi connectivity index (χ3n) is 3.59. The van der Waals surface area contributed by atoms with Gasteiger partial charge in [-0.1, -0.05) is 12.8 Å². The van der Waals surface area contributed by atoms with Crippen LogP contribution < -0.4 is 16.6 Å². The zero-order valence-electron chi connectivity index (χ0n) is 10.9. The van der Waals surface area contributed by atoms with Crippen molar-refractivity contribution in [2.24, 2.45) is 7.05 Å². The maximum Gasteiger partial charge on any atom is 0.330 e. The summed E-state index contributed by atoms with van der Waals surface area (Å²) in [6, 6.07) is 2.08. The second-order valence-corrected chi connectivity index (χ2v) is 4.99. The number of nitrogens with one attached hydrogen (secondary N) is 1. The Kier molecular flexibility index (Phi) is 4.36. The number of aromatic nitrogens is 2. The molecule has 0 aliphatic heterocycles. The summed E-state index contributed by atoms with van der Waals surface area (Å²) in [6.07, 6.45) is 7.47. The van der Waals surface area contributed by atoms with Gasteiger partial charge in [-0.15, -0.1) is 0 Å². The molecule has 1 aliphatic carbocycles. The molecule has 100 valence electrons. The molecule has 1 saturated carbocycles. The first kappa shape index (κ1) is 13.1.